The topological polar surface area (TPSA) is 42.9 Å². The first-order chi connectivity index (χ1) is 13.5. The van der Waals surface area contributed by atoms with Gasteiger partial charge in [-0.15, -0.1) is 0 Å². The lowest BCUT2D eigenvalue weighted by molar-refractivity contribution is 0.200. The first kappa shape index (κ1) is 19.0. The third-order valence-corrected chi connectivity index (χ3v) is 5.53. The van der Waals surface area contributed by atoms with Crippen LogP contribution < -0.4 is 9.80 Å². The van der Waals surface area contributed by atoms with E-state index in [0.29, 0.717) is 37.7 Å². The van der Waals surface area contributed by atoms with Gasteiger partial charge in [-0.05, 0) is 42.9 Å². The molecule has 1 fully saturated rings. The van der Waals surface area contributed by atoms with E-state index in [4.69, 9.17) is 11.6 Å². The Bertz CT molecular complexity index is 854. The van der Waals surface area contributed by atoms with Gasteiger partial charge in [-0.3, -0.25) is 4.90 Å². The Balaban J connectivity index is 1.47. The van der Waals surface area contributed by atoms with E-state index in [1.165, 1.54) is 12.3 Å². The lowest BCUT2D eigenvalue weighted by atomic mass is 10.1. The first-order valence-electron chi connectivity index (χ1n) is 9.41. The number of piperazine rings is 1. The molecule has 2 aliphatic rings. The van der Waals surface area contributed by atoms with E-state index in [-0.39, 0.29) is 11.8 Å². The molecule has 0 spiro atoms. The van der Waals surface area contributed by atoms with Gasteiger partial charge in [0.2, 0.25) is 0 Å². The number of halogens is 2. The smallest absolute Gasteiger partial charge is 0.324 e. The van der Waals surface area contributed by atoms with Crippen molar-refractivity contribution in [2.45, 2.75) is 6.54 Å². The predicted molar refractivity (Wildman–Crippen MR) is 109 cm³/mol. The number of hydrogen-bond acceptors (Lipinski definition) is 4. The number of anilines is 2. The summed E-state index contributed by atoms with van der Waals surface area (Å²) in [6.45, 7) is 4.77. The lowest BCUT2D eigenvalue weighted by Gasteiger charge is -2.38. The van der Waals surface area contributed by atoms with E-state index in [1.807, 2.05) is 35.0 Å². The fraction of sp³-hybridized carbons (Fsp3) is 0.400. The molecule has 1 aromatic carbocycles. The number of nitrogens with zero attached hydrogens (tertiary/aromatic N) is 5. The van der Waals surface area contributed by atoms with Gasteiger partial charge in [0.1, 0.15) is 11.6 Å². The van der Waals surface area contributed by atoms with Crippen molar-refractivity contribution < 1.29 is 9.18 Å². The van der Waals surface area contributed by atoms with Crippen molar-refractivity contribution in [3.05, 3.63) is 52.9 Å². The monoisotopic (exact) mass is 403 g/mol. The van der Waals surface area contributed by atoms with Crippen molar-refractivity contribution in [3.8, 4) is 0 Å². The summed E-state index contributed by atoms with van der Waals surface area (Å²) in [6.07, 6.45) is 1.22. The normalized spacial score (nSPS) is 18.0. The number of rotatable bonds is 1. The van der Waals surface area contributed by atoms with Crippen LogP contribution in [0.1, 0.15) is 5.56 Å². The average molecular weight is 404 g/mol. The van der Waals surface area contributed by atoms with E-state index >= 15 is 0 Å². The van der Waals surface area contributed by atoms with Crippen LogP contribution in [-0.2, 0) is 6.54 Å². The Morgan fingerprint density at radius 1 is 1.07 bits per heavy atom. The van der Waals surface area contributed by atoms with E-state index in [0.717, 1.165) is 30.2 Å². The number of amides is 2. The maximum Gasteiger partial charge on any atom is 0.324 e. The standard InChI is InChI=1S/C20H23ClFN5O/c1-24-6-11-27(18-4-2-16(21)12-15(18)14-24)20(28)26-9-7-25(8-10-26)19-5-3-17(22)13-23-19/h2-5,12-13H,6-11,14H2,1H3. The van der Waals surface area contributed by atoms with Gasteiger partial charge in [0.15, 0.2) is 0 Å². The van der Waals surface area contributed by atoms with Gasteiger partial charge in [-0.25, -0.2) is 14.2 Å². The molecule has 6 nitrogen and oxygen atoms in total. The number of hydrogen-bond donors (Lipinski definition) is 0. The molecule has 1 saturated heterocycles. The molecule has 4 rings (SSSR count). The third-order valence-electron chi connectivity index (χ3n) is 5.29. The van der Waals surface area contributed by atoms with Crippen molar-refractivity contribution in [2.24, 2.45) is 0 Å². The van der Waals surface area contributed by atoms with E-state index < -0.39 is 0 Å². The highest BCUT2D eigenvalue weighted by atomic mass is 35.5. The van der Waals surface area contributed by atoms with Crippen molar-refractivity contribution in [3.63, 3.8) is 0 Å². The molecule has 28 heavy (non-hydrogen) atoms. The third kappa shape index (κ3) is 3.91. The molecule has 0 atom stereocenters. The van der Waals surface area contributed by atoms with Crippen LogP contribution in [0.4, 0.5) is 20.7 Å². The molecule has 0 aliphatic carbocycles. The number of likely N-dealkylation sites (N-methyl/N-ethyl adjacent to an activating group) is 1. The Labute approximate surface area is 169 Å². The number of aromatic nitrogens is 1. The Morgan fingerprint density at radius 2 is 1.86 bits per heavy atom. The number of fused-ring (bicyclic) bond motifs is 1. The molecule has 2 amide bonds. The second kappa shape index (κ2) is 7.93. The second-order valence-electron chi connectivity index (χ2n) is 7.25. The van der Waals surface area contributed by atoms with Crippen LogP contribution in [0.3, 0.4) is 0 Å². The van der Waals surface area contributed by atoms with Crippen LogP contribution >= 0.6 is 11.6 Å². The van der Waals surface area contributed by atoms with Crippen LogP contribution in [-0.4, -0.2) is 67.1 Å². The van der Waals surface area contributed by atoms with Gasteiger partial charge in [-0.1, -0.05) is 11.6 Å². The number of pyridine rings is 1. The summed E-state index contributed by atoms with van der Waals surface area (Å²) in [7, 11) is 2.05. The van der Waals surface area contributed by atoms with Crippen molar-refractivity contribution in [2.75, 3.05) is 56.1 Å². The van der Waals surface area contributed by atoms with Crippen molar-refractivity contribution in [1.29, 1.82) is 0 Å². The lowest BCUT2D eigenvalue weighted by Crippen LogP contribution is -2.53. The summed E-state index contributed by atoms with van der Waals surface area (Å²) >= 11 is 6.17. The van der Waals surface area contributed by atoms with Gasteiger partial charge in [0, 0.05) is 50.8 Å². The molecule has 0 radical (unpaired) electrons. The molecule has 2 aromatic rings. The molecule has 2 aliphatic heterocycles. The Hall–Kier alpha value is -2.38. The highest BCUT2D eigenvalue weighted by Crippen LogP contribution is 2.29. The fourth-order valence-corrected chi connectivity index (χ4v) is 3.95. The summed E-state index contributed by atoms with van der Waals surface area (Å²) in [4.78, 5) is 25.4. The molecule has 3 heterocycles. The quantitative estimate of drug-likeness (QED) is 0.734. The van der Waals surface area contributed by atoms with Gasteiger partial charge >= 0.3 is 6.03 Å². The van der Waals surface area contributed by atoms with Crippen molar-refractivity contribution >= 4 is 29.1 Å². The Kier molecular flexibility index (Phi) is 5.37. The van der Waals surface area contributed by atoms with Crippen LogP contribution in [0.25, 0.3) is 0 Å². The summed E-state index contributed by atoms with van der Waals surface area (Å²) in [5.74, 6) is 0.396. The predicted octanol–water partition coefficient (Wildman–Crippen LogP) is 3.07. The molecule has 0 unspecified atom stereocenters. The minimum Gasteiger partial charge on any atom is -0.353 e. The van der Waals surface area contributed by atoms with Gasteiger partial charge in [-0.2, -0.15) is 0 Å². The maximum absolute atomic E-state index is 13.3. The minimum atomic E-state index is -0.345. The van der Waals surface area contributed by atoms with Crippen molar-refractivity contribution in [1.82, 2.24) is 14.8 Å². The average Bonchev–Trinajstić information content (AvgIpc) is 2.86. The van der Waals surface area contributed by atoms with Crippen LogP contribution in [0.15, 0.2) is 36.5 Å². The van der Waals surface area contributed by atoms with E-state index in [9.17, 15) is 9.18 Å². The van der Waals surface area contributed by atoms with Gasteiger partial charge in [0.05, 0.1) is 11.9 Å². The van der Waals surface area contributed by atoms with Crippen LogP contribution in [0.5, 0.6) is 0 Å². The van der Waals surface area contributed by atoms with Gasteiger partial charge in [0.25, 0.3) is 0 Å². The minimum absolute atomic E-state index is 0.0191. The molecule has 8 heteroatoms. The molecular weight excluding hydrogens is 381 g/mol. The zero-order valence-electron chi connectivity index (χ0n) is 15.8. The summed E-state index contributed by atoms with van der Waals surface area (Å²) in [5.41, 5.74) is 2.00. The number of benzene rings is 1. The van der Waals surface area contributed by atoms with Gasteiger partial charge < -0.3 is 14.7 Å². The summed E-state index contributed by atoms with van der Waals surface area (Å²) in [6, 6.07) is 8.83. The first-order valence-corrected chi connectivity index (χ1v) is 9.79. The van der Waals surface area contributed by atoms with Crippen LogP contribution in [0, 0.1) is 5.82 Å². The maximum atomic E-state index is 13.3. The van der Waals surface area contributed by atoms with E-state index in [2.05, 4.69) is 14.8 Å². The second-order valence-corrected chi connectivity index (χ2v) is 7.69. The number of carbonyl (C=O) groups is 1. The van der Waals surface area contributed by atoms with E-state index in [1.54, 1.807) is 6.07 Å². The fourth-order valence-electron chi connectivity index (χ4n) is 3.76. The molecule has 0 N–H and O–H groups in total. The highest BCUT2D eigenvalue weighted by Gasteiger charge is 2.29. The SMILES string of the molecule is CN1CCN(C(=O)N2CCN(c3ccc(F)cn3)CC2)c2ccc(Cl)cc2C1. The molecule has 148 valence electrons. The zero-order chi connectivity index (χ0) is 19.7. The molecule has 0 bridgehead atoms. The molecule has 0 saturated carbocycles. The summed E-state index contributed by atoms with van der Waals surface area (Å²) in [5, 5.41) is 0.682. The number of carbonyl (C=O) groups excluding carboxylic acids is 1. The molecule has 1 aromatic heterocycles. The Morgan fingerprint density at radius 3 is 2.57 bits per heavy atom. The number of urea groups is 1. The molecular formula is C20H23ClFN5O. The highest BCUT2D eigenvalue weighted by molar-refractivity contribution is 6.30. The zero-order valence-corrected chi connectivity index (χ0v) is 16.6. The van der Waals surface area contributed by atoms with Crippen LogP contribution in [0.2, 0.25) is 5.02 Å². The largest absolute Gasteiger partial charge is 0.353 e. The summed E-state index contributed by atoms with van der Waals surface area (Å²) < 4.78 is 13.1.